The summed E-state index contributed by atoms with van der Waals surface area (Å²) in [4.78, 5) is 2.37. The van der Waals surface area contributed by atoms with Gasteiger partial charge >= 0.3 is 0 Å². The lowest BCUT2D eigenvalue weighted by molar-refractivity contribution is 0.688. The van der Waals surface area contributed by atoms with Gasteiger partial charge in [-0.3, -0.25) is 0 Å². The number of hydrogen-bond donors (Lipinski definition) is 1. The average molecular weight is 180 g/mol. The number of anilines is 2. The third-order valence-electron chi connectivity index (χ3n) is 2.85. The maximum atomic E-state index is 3.63. The Hall–Kier alpha value is -0.700. The second-order valence-electron chi connectivity index (χ2n) is 3.93. The second-order valence-corrected chi connectivity index (χ2v) is 4.68. The predicted molar refractivity (Wildman–Crippen MR) is 53.2 cm³/mol. The number of hydrogen-bond acceptors (Lipinski definition) is 3. The molecule has 0 bridgehead atoms. The van der Waals surface area contributed by atoms with Crippen molar-refractivity contribution in [2.45, 2.75) is 18.4 Å². The highest BCUT2D eigenvalue weighted by Gasteiger charge is 2.46. The zero-order valence-corrected chi connectivity index (χ0v) is 7.95. The first-order valence-corrected chi connectivity index (χ1v) is 5.29. The Labute approximate surface area is 76.2 Å². The lowest BCUT2D eigenvalue weighted by Gasteiger charge is -2.33. The second kappa shape index (κ2) is 1.96. The summed E-state index contributed by atoms with van der Waals surface area (Å²) in [6, 6.07) is 0. The first-order valence-electron chi connectivity index (χ1n) is 4.35. The van der Waals surface area contributed by atoms with E-state index in [9.17, 15) is 0 Å². The van der Waals surface area contributed by atoms with Crippen LogP contribution in [0.4, 0.5) is 11.4 Å². The monoisotopic (exact) mass is 180 g/mol. The summed E-state index contributed by atoms with van der Waals surface area (Å²) < 4.78 is 0. The van der Waals surface area contributed by atoms with Gasteiger partial charge < -0.3 is 10.2 Å². The Bertz CT molecular complexity index is 314. The molecule has 1 fully saturated rings. The number of likely N-dealkylation sites (N-methyl/N-ethyl adjacent to an activating group) is 1. The normalized spacial score (nSPS) is 23.6. The van der Waals surface area contributed by atoms with Crippen molar-refractivity contribution in [3.05, 3.63) is 10.8 Å². The van der Waals surface area contributed by atoms with E-state index >= 15 is 0 Å². The lowest BCUT2D eigenvalue weighted by atomic mass is 10.1. The standard InChI is InChI=1S/C9H12N2S/c1-11-6-9(2-3-9)10-7-4-12-5-8(7)11/h4-5,10H,2-3,6H2,1H3. The van der Waals surface area contributed by atoms with Crippen LogP contribution in [0.3, 0.4) is 0 Å². The molecule has 0 unspecified atom stereocenters. The molecule has 0 aromatic carbocycles. The van der Waals surface area contributed by atoms with Gasteiger partial charge in [0.25, 0.3) is 0 Å². The topological polar surface area (TPSA) is 15.3 Å². The van der Waals surface area contributed by atoms with Crippen LogP contribution in [0.1, 0.15) is 12.8 Å². The van der Waals surface area contributed by atoms with Crippen molar-refractivity contribution in [1.82, 2.24) is 0 Å². The van der Waals surface area contributed by atoms with Gasteiger partial charge in [0.05, 0.1) is 16.9 Å². The molecule has 64 valence electrons. The Kier molecular flexibility index (Phi) is 1.11. The lowest BCUT2D eigenvalue weighted by Crippen LogP contribution is -2.40. The van der Waals surface area contributed by atoms with Gasteiger partial charge in [-0.05, 0) is 12.8 Å². The molecule has 3 rings (SSSR count). The Morgan fingerprint density at radius 3 is 3.08 bits per heavy atom. The summed E-state index contributed by atoms with van der Waals surface area (Å²) in [6.45, 7) is 1.18. The van der Waals surface area contributed by atoms with Crippen molar-refractivity contribution in [3.63, 3.8) is 0 Å². The number of nitrogens with one attached hydrogen (secondary N) is 1. The first-order chi connectivity index (χ1) is 5.79. The molecule has 0 amide bonds. The van der Waals surface area contributed by atoms with Crippen molar-refractivity contribution in [3.8, 4) is 0 Å². The van der Waals surface area contributed by atoms with E-state index in [1.54, 1.807) is 11.3 Å². The molecule has 1 N–H and O–H groups in total. The van der Waals surface area contributed by atoms with Crippen LogP contribution in [0, 0.1) is 0 Å². The molecule has 1 aliphatic carbocycles. The molecule has 1 aromatic heterocycles. The van der Waals surface area contributed by atoms with Crippen LogP contribution in [-0.2, 0) is 0 Å². The molecule has 1 saturated carbocycles. The van der Waals surface area contributed by atoms with Gasteiger partial charge in [-0.2, -0.15) is 0 Å². The van der Waals surface area contributed by atoms with Crippen LogP contribution >= 0.6 is 11.3 Å². The average Bonchev–Trinajstić information content (AvgIpc) is 2.63. The maximum Gasteiger partial charge on any atom is 0.0709 e. The Morgan fingerprint density at radius 2 is 2.33 bits per heavy atom. The minimum Gasteiger partial charge on any atom is -0.375 e. The van der Waals surface area contributed by atoms with Crippen molar-refractivity contribution >= 4 is 22.7 Å². The molecule has 3 heteroatoms. The zero-order valence-electron chi connectivity index (χ0n) is 7.13. The number of nitrogens with zero attached hydrogens (tertiary/aromatic N) is 1. The van der Waals surface area contributed by atoms with Gasteiger partial charge in [0.15, 0.2) is 0 Å². The third kappa shape index (κ3) is 0.800. The summed E-state index contributed by atoms with van der Waals surface area (Å²) >= 11 is 1.78. The largest absolute Gasteiger partial charge is 0.375 e. The summed E-state index contributed by atoms with van der Waals surface area (Å²) in [5.41, 5.74) is 3.16. The number of rotatable bonds is 0. The van der Waals surface area contributed by atoms with Crippen LogP contribution in [0.5, 0.6) is 0 Å². The van der Waals surface area contributed by atoms with Gasteiger partial charge in [-0.1, -0.05) is 0 Å². The molecule has 1 aliphatic heterocycles. The van der Waals surface area contributed by atoms with Crippen LogP contribution in [0.25, 0.3) is 0 Å². The minimum absolute atomic E-state index is 0.447. The zero-order chi connectivity index (χ0) is 8.18. The van der Waals surface area contributed by atoms with Gasteiger partial charge in [0, 0.05) is 24.4 Å². The summed E-state index contributed by atoms with van der Waals surface area (Å²) in [5, 5.41) is 8.06. The van der Waals surface area contributed by atoms with Crippen molar-refractivity contribution < 1.29 is 0 Å². The van der Waals surface area contributed by atoms with E-state index in [0.717, 1.165) is 0 Å². The maximum absolute atomic E-state index is 3.63. The molecular weight excluding hydrogens is 168 g/mol. The summed E-state index contributed by atoms with van der Waals surface area (Å²) in [7, 11) is 2.19. The van der Waals surface area contributed by atoms with E-state index < -0.39 is 0 Å². The molecule has 0 saturated heterocycles. The molecule has 1 aromatic rings. The van der Waals surface area contributed by atoms with Crippen LogP contribution in [0.2, 0.25) is 0 Å². The first kappa shape index (κ1) is 6.78. The van der Waals surface area contributed by atoms with Gasteiger partial charge in [-0.15, -0.1) is 11.3 Å². The smallest absolute Gasteiger partial charge is 0.0709 e. The van der Waals surface area contributed by atoms with Crippen molar-refractivity contribution in [2.24, 2.45) is 0 Å². The quantitative estimate of drug-likeness (QED) is 0.658. The van der Waals surface area contributed by atoms with Gasteiger partial charge in [0.1, 0.15) is 0 Å². The van der Waals surface area contributed by atoms with E-state index in [1.165, 1.54) is 30.8 Å². The summed E-state index contributed by atoms with van der Waals surface area (Å²) in [6.07, 6.45) is 2.68. The van der Waals surface area contributed by atoms with Crippen LogP contribution in [0.15, 0.2) is 10.8 Å². The highest BCUT2D eigenvalue weighted by Crippen LogP contribution is 2.47. The molecule has 0 atom stereocenters. The fraction of sp³-hybridized carbons (Fsp3) is 0.556. The van der Waals surface area contributed by atoms with Gasteiger partial charge in [0.2, 0.25) is 0 Å². The molecular formula is C9H12N2S. The van der Waals surface area contributed by atoms with Crippen LogP contribution in [-0.4, -0.2) is 19.1 Å². The molecule has 1 spiro atoms. The van der Waals surface area contributed by atoms with Crippen molar-refractivity contribution in [1.29, 1.82) is 0 Å². The Balaban J connectivity index is 2.04. The highest BCUT2D eigenvalue weighted by molar-refractivity contribution is 7.09. The Morgan fingerprint density at radius 1 is 1.50 bits per heavy atom. The fourth-order valence-corrected chi connectivity index (χ4v) is 2.80. The van der Waals surface area contributed by atoms with E-state index in [0.29, 0.717) is 5.54 Å². The minimum atomic E-state index is 0.447. The molecule has 2 nitrogen and oxygen atoms in total. The molecule has 2 heterocycles. The van der Waals surface area contributed by atoms with E-state index in [1.807, 2.05) is 0 Å². The third-order valence-corrected chi connectivity index (χ3v) is 3.58. The van der Waals surface area contributed by atoms with E-state index in [4.69, 9.17) is 0 Å². The van der Waals surface area contributed by atoms with Crippen molar-refractivity contribution in [2.75, 3.05) is 23.8 Å². The highest BCUT2D eigenvalue weighted by atomic mass is 32.1. The summed E-state index contributed by atoms with van der Waals surface area (Å²) in [5.74, 6) is 0. The SMILES string of the molecule is CN1CC2(CC2)Nc2cscc21. The predicted octanol–water partition coefficient (Wildman–Crippen LogP) is 2.14. The number of thiophene rings is 1. The van der Waals surface area contributed by atoms with E-state index in [-0.39, 0.29) is 0 Å². The number of fused-ring (bicyclic) bond motifs is 1. The van der Waals surface area contributed by atoms with Gasteiger partial charge in [-0.25, -0.2) is 0 Å². The molecule has 0 radical (unpaired) electrons. The van der Waals surface area contributed by atoms with E-state index in [2.05, 4.69) is 28.0 Å². The van der Waals surface area contributed by atoms with Crippen LogP contribution < -0.4 is 10.2 Å². The fourth-order valence-electron chi connectivity index (χ4n) is 1.98. The molecule has 12 heavy (non-hydrogen) atoms. The molecule has 2 aliphatic rings.